The molecule has 1 aromatic heterocycles. The number of aliphatic hydroxyl groups is 1. The molecule has 0 aliphatic carbocycles. The Kier molecular flexibility index (Phi) is 3.41. The lowest BCUT2D eigenvalue weighted by Gasteiger charge is -2.12. The monoisotopic (exact) mass is 260 g/mol. The summed E-state index contributed by atoms with van der Waals surface area (Å²) in [6, 6.07) is 10.2. The average Bonchev–Trinajstić information content (AvgIpc) is 3.01. The second-order valence-corrected chi connectivity index (χ2v) is 5.61. The molecule has 1 fully saturated rings. The zero-order valence-electron chi connectivity index (χ0n) is 10.1. The fourth-order valence-corrected chi connectivity index (χ4v) is 3.12. The Labute approximate surface area is 111 Å². The van der Waals surface area contributed by atoms with Crippen molar-refractivity contribution in [3.8, 4) is 11.3 Å². The highest BCUT2D eigenvalue weighted by atomic mass is 32.1. The summed E-state index contributed by atoms with van der Waals surface area (Å²) in [5.41, 5.74) is 2.22. The zero-order valence-corrected chi connectivity index (χ0v) is 10.9. The lowest BCUT2D eigenvalue weighted by molar-refractivity contribution is 0.175. The maximum atomic E-state index is 9.50. The van der Waals surface area contributed by atoms with Crippen LogP contribution in [0.15, 0.2) is 35.7 Å². The van der Waals surface area contributed by atoms with Crippen molar-refractivity contribution in [2.75, 3.05) is 13.1 Å². The van der Waals surface area contributed by atoms with Crippen LogP contribution in [0.25, 0.3) is 11.3 Å². The van der Waals surface area contributed by atoms with Crippen molar-refractivity contribution in [3.63, 3.8) is 0 Å². The van der Waals surface area contributed by atoms with Crippen molar-refractivity contribution in [3.05, 3.63) is 40.7 Å². The van der Waals surface area contributed by atoms with Gasteiger partial charge in [0, 0.05) is 24.0 Å². The van der Waals surface area contributed by atoms with Crippen LogP contribution >= 0.6 is 11.3 Å². The van der Waals surface area contributed by atoms with E-state index in [1.807, 2.05) is 18.2 Å². The van der Waals surface area contributed by atoms with Crippen molar-refractivity contribution in [2.45, 2.75) is 19.1 Å². The summed E-state index contributed by atoms with van der Waals surface area (Å²) in [5.74, 6) is 0. The van der Waals surface area contributed by atoms with Crippen LogP contribution in [-0.2, 0) is 6.54 Å². The smallest absolute Gasteiger partial charge is 0.107 e. The molecule has 4 heteroatoms. The molecule has 1 atom stereocenters. The van der Waals surface area contributed by atoms with E-state index in [2.05, 4.69) is 27.4 Å². The predicted octanol–water partition coefficient (Wildman–Crippen LogP) is 2.38. The molecule has 0 unspecified atom stereocenters. The van der Waals surface area contributed by atoms with E-state index >= 15 is 0 Å². The molecule has 94 valence electrons. The first-order valence-corrected chi connectivity index (χ1v) is 7.09. The van der Waals surface area contributed by atoms with Crippen LogP contribution in [0.4, 0.5) is 0 Å². The summed E-state index contributed by atoms with van der Waals surface area (Å²) < 4.78 is 0. The summed E-state index contributed by atoms with van der Waals surface area (Å²) >= 11 is 1.70. The van der Waals surface area contributed by atoms with E-state index in [-0.39, 0.29) is 6.10 Å². The quantitative estimate of drug-likeness (QED) is 0.920. The molecule has 0 saturated carbocycles. The Bertz CT molecular complexity index is 512. The van der Waals surface area contributed by atoms with Crippen LogP contribution in [0, 0.1) is 0 Å². The molecule has 0 bridgehead atoms. The predicted molar refractivity (Wildman–Crippen MR) is 73.5 cm³/mol. The van der Waals surface area contributed by atoms with Crippen molar-refractivity contribution in [1.82, 2.24) is 9.88 Å². The average molecular weight is 260 g/mol. The number of benzene rings is 1. The van der Waals surface area contributed by atoms with Crippen molar-refractivity contribution >= 4 is 11.3 Å². The van der Waals surface area contributed by atoms with E-state index < -0.39 is 0 Å². The highest BCUT2D eigenvalue weighted by molar-refractivity contribution is 7.09. The van der Waals surface area contributed by atoms with E-state index in [1.165, 1.54) is 5.56 Å². The standard InChI is InChI=1S/C14H16N2OS/c17-12-6-7-16(8-12)9-14-15-13(10-18-14)11-4-2-1-3-5-11/h1-5,10,12,17H,6-9H2/t12-/m0/s1. The number of aliphatic hydroxyl groups excluding tert-OH is 1. The number of rotatable bonds is 3. The largest absolute Gasteiger partial charge is 0.392 e. The Morgan fingerprint density at radius 3 is 2.89 bits per heavy atom. The first-order chi connectivity index (χ1) is 8.81. The first-order valence-electron chi connectivity index (χ1n) is 6.21. The molecule has 1 aromatic carbocycles. The minimum absolute atomic E-state index is 0.154. The van der Waals surface area contributed by atoms with Gasteiger partial charge in [0.15, 0.2) is 0 Å². The molecule has 2 aromatic rings. The van der Waals surface area contributed by atoms with Gasteiger partial charge in [-0.3, -0.25) is 4.90 Å². The number of hydrogen-bond acceptors (Lipinski definition) is 4. The van der Waals surface area contributed by atoms with E-state index in [0.29, 0.717) is 0 Å². The molecule has 0 spiro atoms. The number of hydrogen-bond donors (Lipinski definition) is 1. The summed E-state index contributed by atoms with van der Waals surface area (Å²) in [6.45, 7) is 2.61. The number of aromatic nitrogens is 1. The van der Waals surface area contributed by atoms with Gasteiger partial charge >= 0.3 is 0 Å². The van der Waals surface area contributed by atoms with Gasteiger partial charge in [-0.25, -0.2) is 4.98 Å². The van der Waals surface area contributed by atoms with E-state index in [9.17, 15) is 5.11 Å². The van der Waals surface area contributed by atoms with E-state index in [0.717, 1.165) is 36.8 Å². The summed E-state index contributed by atoms with van der Waals surface area (Å²) in [4.78, 5) is 6.93. The molecule has 0 radical (unpaired) electrons. The van der Waals surface area contributed by atoms with Gasteiger partial charge in [-0.05, 0) is 6.42 Å². The van der Waals surface area contributed by atoms with Crippen LogP contribution in [0.2, 0.25) is 0 Å². The Morgan fingerprint density at radius 2 is 2.17 bits per heavy atom. The van der Waals surface area contributed by atoms with Crippen LogP contribution < -0.4 is 0 Å². The van der Waals surface area contributed by atoms with Gasteiger partial charge in [-0.15, -0.1) is 11.3 Å². The molecule has 2 heterocycles. The van der Waals surface area contributed by atoms with Crippen molar-refractivity contribution in [1.29, 1.82) is 0 Å². The highest BCUT2D eigenvalue weighted by Gasteiger charge is 2.20. The van der Waals surface area contributed by atoms with E-state index in [1.54, 1.807) is 11.3 Å². The summed E-state index contributed by atoms with van der Waals surface area (Å²) in [6.07, 6.45) is 0.732. The minimum atomic E-state index is -0.154. The van der Waals surface area contributed by atoms with Crippen LogP contribution in [0.1, 0.15) is 11.4 Å². The molecular weight excluding hydrogens is 244 g/mol. The lowest BCUT2D eigenvalue weighted by atomic mass is 10.2. The Morgan fingerprint density at radius 1 is 1.33 bits per heavy atom. The minimum Gasteiger partial charge on any atom is -0.392 e. The fourth-order valence-electron chi connectivity index (χ4n) is 2.27. The van der Waals surface area contributed by atoms with Gasteiger partial charge in [0.25, 0.3) is 0 Å². The van der Waals surface area contributed by atoms with Gasteiger partial charge in [0.2, 0.25) is 0 Å². The highest BCUT2D eigenvalue weighted by Crippen LogP contribution is 2.23. The molecule has 1 aliphatic rings. The fraction of sp³-hybridized carbons (Fsp3) is 0.357. The lowest BCUT2D eigenvalue weighted by Crippen LogP contribution is -2.21. The second kappa shape index (κ2) is 5.18. The zero-order chi connectivity index (χ0) is 12.4. The molecule has 1 aliphatic heterocycles. The number of nitrogens with zero attached hydrogens (tertiary/aromatic N) is 2. The van der Waals surface area contributed by atoms with Gasteiger partial charge in [0.05, 0.1) is 18.3 Å². The third-order valence-corrected chi connectivity index (χ3v) is 4.06. The van der Waals surface area contributed by atoms with E-state index in [4.69, 9.17) is 0 Å². The van der Waals surface area contributed by atoms with Crippen LogP contribution in [0.3, 0.4) is 0 Å². The molecular formula is C14H16N2OS. The maximum Gasteiger partial charge on any atom is 0.107 e. The SMILES string of the molecule is O[C@H]1CCN(Cc2nc(-c3ccccc3)cs2)C1. The number of thiazole rings is 1. The molecule has 1 N–H and O–H groups in total. The third kappa shape index (κ3) is 2.61. The molecule has 3 nitrogen and oxygen atoms in total. The summed E-state index contributed by atoms with van der Waals surface area (Å²) in [5, 5.41) is 12.7. The topological polar surface area (TPSA) is 36.4 Å². The Hall–Kier alpha value is -1.23. The number of likely N-dealkylation sites (tertiary alicyclic amines) is 1. The van der Waals surface area contributed by atoms with Gasteiger partial charge < -0.3 is 5.11 Å². The van der Waals surface area contributed by atoms with Gasteiger partial charge in [-0.1, -0.05) is 30.3 Å². The maximum absolute atomic E-state index is 9.50. The first kappa shape index (κ1) is 11.8. The molecule has 1 saturated heterocycles. The second-order valence-electron chi connectivity index (χ2n) is 4.67. The van der Waals surface area contributed by atoms with Crippen molar-refractivity contribution < 1.29 is 5.11 Å². The van der Waals surface area contributed by atoms with Crippen molar-refractivity contribution in [2.24, 2.45) is 0 Å². The molecule has 3 rings (SSSR count). The Balaban J connectivity index is 1.70. The molecule has 18 heavy (non-hydrogen) atoms. The summed E-state index contributed by atoms with van der Waals surface area (Å²) in [7, 11) is 0. The molecule has 0 amide bonds. The van der Waals surface area contributed by atoms with Gasteiger partial charge in [0.1, 0.15) is 5.01 Å². The van der Waals surface area contributed by atoms with Crippen LogP contribution in [0.5, 0.6) is 0 Å². The third-order valence-electron chi connectivity index (χ3n) is 3.23. The number of β-amino-alcohol motifs (C(OH)–C–C–N with tert-alkyl or cyclic N) is 1. The van der Waals surface area contributed by atoms with Crippen LogP contribution in [-0.4, -0.2) is 34.2 Å². The normalized spacial score (nSPS) is 20.4. The van der Waals surface area contributed by atoms with Gasteiger partial charge in [-0.2, -0.15) is 0 Å².